The van der Waals surface area contributed by atoms with E-state index in [4.69, 9.17) is 4.74 Å². The number of amides is 4. The number of hydrogen-bond acceptors (Lipinski definition) is 6. The van der Waals surface area contributed by atoms with Crippen molar-refractivity contribution in [1.82, 2.24) is 5.32 Å². The lowest BCUT2D eigenvalue weighted by Crippen LogP contribution is -2.52. The molecule has 104 valence electrons. The Morgan fingerprint density at radius 3 is 2.60 bits per heavy atom. The predicted molar refractivity (Wildman–Crippen MR) is 65.3 cm³/mol. The highest BCUT2D eigenvalue weighted by Crippen LogP contribution is 2.32. The average Bonchev–Trinajstić information content (AvgIpc) is 2.37. The van der Waals surface area contributed by atoms with E-state index in [0.717, 1.165) is 6.07 Å². The smallest absolute Gasteiger partial charge is 0.335 e. The van der Waals surface area contributed by atoms with E-state index < -0.39 is 29.2 Å². The van der Waals surface area contributed by atoms with Gasteiger partial charge in [-0.15, -0.1) is 0 Å². The molecule has 0 aromatic heterocycles. The van der Waals surface area contributed by atoms with Crippen LogP contribution < -0.4 is 15.0 Å². The molecule has 0 radical (unpaired) electrons. The third kappa shape index (κ3) is 2.28. The van der Waals surface area contributed by atoms with Gasteiger partial charge in [-0.1, -0.05) is 0 Å². The van der Waals surface area contributed by atoms with Gasteiger partial charge in [-0.2, -0.15) is 0 Å². The van der Waals surface area contributed by atoms with Crippen molar-refractivity contribution in [3.63, 3.8) is 0 Å². The van der Waals surface area contributed by atoms with Gasteiger partial charge >= 0.3 is 11.7 Å². The number of nitro benzene ring substituents is 1. The molecule has 0 bridgehead atoms. The van der Waals surface area contributed by atoms with Gasteiger partial charge in [0.1, 0.15) is 6.42 Å². The highest BCUT2D eigenvalue weighted by Gasteiger charge is 2.33. The number of methoxy groups -OCH3 is 1. The highest BCUT2D eigenvalue weighted by atomic mass is 16.6. The first-order valence-corrected chi connectivity index (χ1v) is 5.43. The molecule has 1 N–H and O–H groups in total. The van der Waals surface area contributed by atoms with Crippen LogP contribution in [0.4, 0.5) is 16.2 Å². The lowest BCUT2D eigenvalue weighted by molar-refractivity contribution is -0.385. The number of urea groups is 1. The van der Waals surface area contributed by atoms with Crippen molar-refractivity contribution in [2.75, 3.05) is 12.0 Å². The molecule has 0 spiro atoms. The second-order valence-corrected chi connectivity index (χ2v) is 3.87. The summed E-state index contributed by atoms with van der Waals surface area (Å²) in [5, 5.41) is 12.9. The quantitative estimate of drug-likeness (QED) is 0.491. The van der Waals surface area contributed by atoms with Crippen LogP contribution in [-0.2, 0) is 9.59 Å². The van der Waals surface area contributed by atoms with Crippen LogP contribution in [0.3, 0.4) is 0 Å². The van der Waals surface area contributed by atoms with E-state index >= 15 is 0 Å². The number of hydrogen-bond donors (Lipinski definition) is 1. The summed E-state index contributed by atoms with van der Waals surface area (Å²) in [6.45, 7) is 0. The number of nitrogens with one attached hydrogen (secondary N) is 1. The molecule has 1 aliphatic rings. The number of ether oxygens (including phenoxy) is 1. The summed E-state index contributed by atoms with van der Waals surface area (Å²) in [7, 11) is 1.26. The fourth-order valence-electron chi connectivity index (χ4n) is 1.77. The van der Waals surface area contributed by atoms with Crippen molar-refractivity contribution in [2.24, 2.45) is 0 Å². The van der Waals surface area contributed by atoms with Crippen LogP contribution in [0.25, 0.3) is 0 Å². The Morgan fingerprint density at radius 2 is 2.05 bits per heavy atom. The summed E-state index contributed by atoms with van der Waals surface area (Å²) in [5.41, 5.74) is -0.394. The summed E-state index contributed by atoms with van der Waals surface area (Å²) in [5.74, 6) is -1.46. The first-order valence-electron chi connectivity index (χ1n) is 5.43. The molecular formula is C11H9N3O6. The molecule has 1 saturated heterocycles. The summed E-state index contributed by atoms with van der Waals surface area (Å²) < 4.78 is 4.82. The monoisotopic (exact) mass is 279 g/mol. The Labute approximate surface area is 112 Å². The summed E-state index contributed by atoms with van der Waals surface area (Å²) in [6.07, 6.45) is -0.494. The number of anilines is 1. The molecule has 0 aliphatic carbocycles. The lowest BCUT2D eigenvalue weighted by Gasteiger charge is -2.24. The van der Waals surface area contributed by atoms with Gasteiger partial charge in [-0.3, -0.25) is 25.0 Å². The predicted octanol–water partition coefficient (Wildman–Crippen LogP) is 0.576. The Balaban J connectivity index is 2.45. The number of nitrogens with zero attached hydrogens (tertiary/aromatic N) is 2. The minimum atomic E-state index is -0.939. The van der Waals surface area contributed by atoms with Crippen molar-refractivity contribution >= 4 is 29.2 Å². The molecule has 2 rings (SSSR count). The number of imide groups is 2. The summed E-state index contributed by atoms with van der Waals surface area (Å²) >= 11 is 0. The van der Waals surface area contributed by atoms with Crippen molar-refractivity contribution in [2.45, 2.75) is 6.42 Å². The van der Waals surface area contributed by atoms with Gasteiger partial charge in [0, 0.05) is 6.07 Å². The number of carbonyl (C=O) groups excluding carboxylic acids is 3. The molecule has 1 fully saturated rings. The van der Waals surface area contributed by atoms with Crippen molar-refractivity contribution in [3.8, 4) is 5.75 Å². The third-order valence-corrected chi connectivity index (χ3v) is 2.63. The average molecular weight is 279 g/mol. The van der Waals surface area contributed by atoms with E-state index in [0.29, 0.717) is 4.90 Å². The minimum absolute atomic E-state index is 0.000284. The first-order chi connectivity index (χ1) is 9.43. The first kappa shape index (κ1) is 13.5. The maximum atomic E-state index is 11.7. The van der Waals surface area contributed by atoms with E-state index in [1.54, 1.807) is 0 Å². The molecule has 1 heterocycles. The van der Waals surface area contributed by atoms with Gasteiger partial charge in [0.2, 0.25) is 11.8 Å². The fraction of sp³-hybridized carbons (Fsp3) is 0.182. The van der Waals surface area contributed by atoms with Gasteiger partial charge in [0.25, 0.3) is 0 Å². The van der Waals surface area contributed by atoms with Crippen molar-refractivity contribution in [1.29, 1.82) is 0 Å². The second-order valence-electron chi connectivity index (χ2n) is 3.87. The van der Waals surface area contributed by atoms with E-state index in [9.17, 15) is 24.5 Å². The van der Waals surface area contributed by atoms with Gasteiger partial charge < -0.3 is 4.74 Å². The normalized spacial score (nSPS) is 15.1. The number of carbonyl (C=O) groups is 3. The number of rotatable bonds is 3. The molecular weight excluding hydrogens is 270 g/mol. The standard InChI is InChI=1S/C11H9N3O6/c1-20-8-3-2-6(4-7(8)14(18)19)13-10(16)5-9(15)12-11(13)17/h2-4H,5H2,1H3,(H,12,15,17). The molecule has 1 aliphatic heterocycles. The zero-order valence-corrected chi connectivity index (χ0v) is 10.3. The van der Waals surface area contributed by atoms with Gasteiger partial charge in [0.15, 0.2) is 5.75 Å². The molecule has 0 unspecified atom stereocenters. The van der Waals surface area contributed by atoms with Gasteiger partial charge in [-0.25, -0.2) is 9.69 Å². The van der Waals surface area contributed by atoms with Crippen LogP contribution in [0, 0.1) is 10.1 Å². The third-order valence-electron chi connectivity index (χ3n) is 2.63. The molecule has 4 amide bonds. The van der Waals surface area contributed by atoms with Crippen LogP contribution in [-0.4, -0.2) is 29.9 Å². The number of nitro groups is 1. The fourth-order valence-corrected chi connectivity index (χ4v) is 1.77. The lowest BCUT2D eigenvalue weighted by atomic mass is 10.2. The molecule has 9 nitrogen and oxygen atoms in total. The molecule has 0 atom stereocenters. The number of benzene rings is 1. The molecule has 20 heavy (non-hydrogen) atoms. The van der Waals surface area contributed by atoms with E-state index in [1.807, 2.05) is 5.32 Å². The topological polar surface area (TPSA) is 119 Å². The Bertz CT molecular complexity index is 607. The van der Waals surface area contributed by atoms with E-state index in [-0.39, 0.29) is 17.1 Å². The van der Waals surface area contributed by atoms with Gasteiger partial charge in [0.05, 0.1) is 17.7 Å². The summed E-state index contributed by atoms with van der Waals surface area (Å²) in [6, 6.07) is 2.68. The van der Waals surface area contributed by atoms with Crippen LogP contribution >= 0.6 is 0 Å². The molecule has 1 aromatic rings. The van der Waals surface area contributed by atoms with Gasteiger partial charge in [-0.05, 0) is 12.1 Å². The zero-order valence-electron chi connectivity index (χ0n) is 10.3. The maximum absolute atomic E-state index is 11.7. The SMILES string of the molecule is COc1ccc(N2C(=O)CC(=O)NC2=O)cc1[N+](=O)[O-]. The van der Waals surface area contributed by atoms with E-state index in [2.05, 4.69) is 0 Å². The molecule has 9 heteroatoms. The molecule has 1 aromatic carbocycles. The van der Waals surface area contributed by atoms with Crippen LogP contribution in [0.15, 0.2) is 18.2 Å². The Morgan fingerprint density at radius 1 is 1.35 bits per heavy atom. The van der Waals surface area contributed by atoms with Crippen molar-refractivity contribution < 1.29 is 24.0 Å². The zero-order chi connectivity index (χ0) is 14.9. The Hall–Kier alpha value is -2.97. The maximum Gasteiger partial charge on any atom is 0.335 e. The minimum Gasteiger partial charge on any atom is -0.490 e. The number of barbiturate groups is 1. The Kier molecular flexibility index (Phi) is 3.34. The van der Waals surface area contributed by atoms with Crippen molar-refractivity contribution in [3.05, 3.63) is 28.3 Å². The second kappa shape index (κ2) is 4.96. The molecule has 0 saturated carbocycles. The summed E-state index contributed by atoms with van der Waals surface area (Å²) in [4.78, 5) is 45.2. The van der Waals surface area contributed by atoms with Crippen LogP contribution in [0.5, 0.6) is 5.75 Å². The largest absolute Gasteiger partial charge is 0.490 e. The highest BCUT2D eigenvalue weighted by molar-refractivity contribution is 6.26. The van der Waals surface area contributed by atoms with E-state index in [1.165, 1.54) is 19.2 Å². The van der Waals surface area contributed by atoms with Crippen LogP contribution in [0.1, 0.15) is 6.42 Å². The van der Waals surface area contributed by atoms with Crippen LogP contribution in [0.2, 0.25) is 0 Å².